The molecule has 1 saturated heterocycles. The molecule has 70 valence electrons. The van der Waals surface area contributed by atoms with E-state index in [0.29, 0.717) is 11.8 Å². The van der Waals surface area contributed by atoms with Crippen molar-refractivity contribution in [1.29, 1.82) is 5.41 Å². The molecule has 2 atom stereocenters. The monoisotopic (exact) mass is 168 g/mol. The summed E-state index contributed by atoms with van der Waals surface area (Å²) < 4.78 is 0. The third-order valence-corrected chi connectivity index (χ3v) is 2.96. The second kappa shape index (κ2) is 4.48. The van der Waals surface area contributed by atoms with Gasteiger partial charge in [-0.1, -0.05) is 26.7 Å². The predicted octanol–water partition coefficient (Wildman–Crippen LogP) is 2.40. The average Bonchev–Trinajstić information content (AvgIpc) is 2.28. The standard InChI is InChI=1S/C10H20N2/c1-3-8(2)9-6-4-5-7-12-10(9)11/h8-9H,3-7H2,1-2H3,(H2,11,12). The molecule has 0 aromatic rings. The van der Waals surface area contributed by atoms with Gasteiger partial charge in [-0.2, -0.15) is 0 Å². The van der Waals surface area contributed by atoms with Crippen LogP contribution in [0.25, 0.3) is 0 Å². The summed E-state index contributed by atoms with van der Waals surface area (Å²) in [4.78, 5) is 0. The molecule has 0 radical (unpaired) electrons. The van der Waals surface area contributed by atoms with Crippen LogP contribution in [0.15, 0.2) is 0 Å². The summed E-state index contributed by atoms with van der Waals surface area (Å²) >= 11 is 0. The molecule has 12 heavy (non-hydrogen) atoms. The zero-order valence-electron chi connectivity index (χ0n) is 8.19. The molecule has 0 saturated carbocycles. The van der Waals surface area contributed by atoms with Crippen molar-refractivity contribution in [3.63, 3.8) is 0 Å². The van der Waals surface area contributed by atoms with Crippen LogP contribution >= 0.6 is 0 Å². The van der Waals surface area contributed by atoms with E-state index in [2.05, 4.69) is 19.2 Å². The molecular formula is C10H20N2. The van der Waals surface area contributed by atoms with Crippen LogP contribution < -0.4 is 5.32 Å². The smallest absolute Gasteiger partial charge is 0.0965 e. The summed E-state index contributed by atoms with van der Waals surface area (Å²) in [6, 6.07) is 0. The quantitative estimate of drug-likeness (QED) is 0.652. The van der Waals surface area contributed by atoms with Gasteiger partial charge < -0.3 is 5.32 Å². The van der Waals surface area contributed by atoms with Gasteiger partial charge in [-0.3, -0.25) is 5.41 Å². The van der Waals surface area contributed by atoms with Crippen LogP contribution in [0.3, 0.4) is 0 Å². The highest BCUT2D eigenvalue weighted by Gasteiger charge is 2.21. The van der Waals surface area contributed by atoms with Crippen molar-refractivity contribution in [2.24, 2.45) is 11.8 Å². The molecule has 0 aliphatic carbocycles. The van der Waals surface area contributed by atoms with Crippen LogP contribution in [-0.4, -0.2) is 12.4 Å². The van der Waals surface area contributed by atoms with E-state index < -0.39 is 0 Å². The molecule has 0 aromatic heterocycles. The van der Waals surface area contributed by atoms with Gasteiger partial charge in [0.15, 0.2) is 0 Å². The molecule has 1 fully saturated rings. The van der Waals surface area contributed by atoms with Crippen molar-refractivity contribution in [3.8, 4) is 0 Å². The lowest BCUT2D eigenvalue weighted by Gasteiger charge is -2.21. The molecular weight excluding hydrogens is 148 g/mol. The Morgan fingerprint density at radius 3 is 3.00 bits per heavy atom. The van der Waals surface area contributed by atoms with E-state index in [9.17, 15) is 0 Å². The lowest BCUT2D eigenvalue weighted by molar-refractivity contribution is 0.408. The van der Waals surface area contributed by atoms with Crippen LogP contribution in [-0.2, 0) is 0 Å². The van der Waals surface area contributed by atoms with E-state index in [0.717, 1.165) is 12.4 Å². The van der Waals surface area contributed by atoms with E-state index >= 15 is 0 Å². The second-order valence-corrected chi connectivity index (χ2v) is 3.83. The van der Waals surface area contributed by atoms with Crippen LogP contribution in [0.5, 0.6) is 0 Å². The van der Waals surface area contributed by atoms with E-state index in [1.807, 2.05) is 0 Å². The Kier molecular flexibility index (Phi) is 3.57. The minimum absolute atomic E-state index is 0.498. The topological polar surface area (TPSA) is 35.9 Å². The van der Waals surface area contributed by atoms with Crippen LogP contribution in [0.1, 0.15) is 39.5 Å². The van der Waals surface area contributed by atoms with Crippen molar-refractivity contribution in [2.45, 2.75) is 39.5 Å². The first-order chi connectivity index (χ1) is 5.75. The van der Waals surface area contributed by atoms with Crippen molar-refractivity contribution in [3.05, 3.63) is 0 Å². The maximum Gasteiger partial charge on any atom is 0.0965 e. The van der Waals surface area contributed by atoms with Gasteiger partial charge in [0.05, 0.1) is 5.84 Å². The number of hydrogen-bond donors (Lipinski definition) is 2. The molecule has 1 heterocycles. The molecule has 0 spiro atoms. The third kappa shape index (κ3) is 2.23. The van der Waals surface area contributed by atoms with Gasteiger partial charge in [-0.05, 0) is 18.8 Å². The average molecular weight is 168 g/mol. The summed E-state index contributed by atoms with van der Waals surface area (Å²) in [5, 5.41) is 11.0. The summed E-state index contributed by atoms with van der Waals surface area (Å²) in [6.07, 6.45) is 4.91. The molecule has 2 heteroatoms. The Morgan fingerprint density at radius 1 is 1.58 bits per heavy atom. The van der Waals surface area contributed by atoms with Gasteiger partial charge in [0.1, 0.15) is 0 Å². The fourth-order valence-electron chi connectivity index (χ4n) is 1.84. The normalized spacial score (nSPS) is 27.5. The Hall–Kier alpha value is -0.530. The lowest BCUT2D eigenvalue weighted by Crippen LogP contribution is -2.31. The summed E-state index contributed by atoms with van der Waals surface area (Å²) in [5.74, 6) is 1.95. The van der Waals surface area contributed by atoms with Gasteiger partial charge in [-0.15, -0.1) is 0 Å². The molecule has 0 bridgehead atoms. The Labute approximate surface area is 75.3 Å². The van der Waals surface area contributed by atoms with Crippen molar-refractivity contribution < 1.29 is 0 Å². The maximum absolute atomic E-state index is 7.81. The van der Waals surface area contributed by atoms with Crippen molar-refractivity contribution in [2.75, 3.05) is 6.54 Å². The van der Waals surface area contributed by atoms with E-state index in [1.54, 1.807) is 0 Å². The SMILES string of the molecule is CCC(C)C1CCCCNC1=N. The summed E-state index contributed by atoms with van der Waals surface area (Å²) in [6.45, 7) is 5.47. The van der Waals surface area contributed by atoms with E-state index in [4.69, 9.17) is 5.41 Å². The molecule has 0 amide bonds. The Balaban J connectivity index is 2.52. The first-order valence-electron chi connectivity index (χ1n) is 5.08. The van der Waals surface area contributed by atoms with E-state index in [1.165, 1.54) is 25.7 Å². The molecule has 1 rings (SSSR count). The Bertz CT molecular complexity index is 154. The Morgan fingerprint density at radius 2 is 2.33 bits per heavy atom. The maximum atomic E-state index is 7.81. The first-order valence-corrected chi connectivity index (χ1v) is 5.08. The van der Waals surface area contributed by atoms with Crippen LogP contribution in [0.2, 0.25) is 0 Å². The first kappa shape index (κ1) is 9.56. The van der Waals surface area contributed by atoms with Gasteiger partial charge in [0.2, 0.25) is 0 Å². The number of rotatable bonds is 2. The third-order valence-electron chi connectivity index (χ3n) is 2.96. The highest BCUT2D eigenvalue weighted by Crippen LogP contribution is 2.23. The molecule has 2 nitrogen and oxygen atoms in total. The zero-order valence-corrected chi connectivity index (χ0v) is 8.19. The van der Waals surface area contributed by atoms with Gasteiger partial charge in [0, 0.05) is 12.5 Å². The minimum Gasteiger partial charge on any atom is -0.374 e. The summed E-state index contributed by atoms with van der Waals surface area (Å²) in [7, 11) is 0. The highest BCUT2D eigenvalue weighted by atomic mass is 14.9. The fourth-order valence-corrected chi connectivity index (χ4v) is 1.84. The van der Waals surface area contributed by atoms with Gasteiger partial charge in [0.25, 0.3) is 0 Å². The zero-order chi connectivity index (χ0) is 8.97. The lowest BCUT2D eigenvalue weighted by atomic mass is 9.87. The van der Waals surface area contributed by atoms with Gasteiger partial charge >= 0.3 is 0 Å². The largest absolute Gasteiger partial charge is 0.374 e. The number of nitrogens with one attached hydrogen (secondary N) is 2. The number of amidine groups is 1. The van der Waals surface area contributed by atoms with Crippen LogP contribution in [0, 0.1) is 17.2 Å². The van der Waals surface area contributed by atoms with Crippen molar-refractivity contribution in [1.82, 2.24) is 5.32 Å². The fraction of sp³-hybridized carbons (Fsp3) is 0.900. The molecule has 2 N–H and O–H groups in total. The highest BCUT2D eigenvalue weighted by molar-refractivity contribution is 5.81. The second-order valence-electron chi connectivity index (χ2n) is 3.83. The number of hydrogen-bond acceptors (Lipinski definition) is 1. The molecule has 0 aromatic carbocycles. The molecule has 2 unspecified atom stereocenters. The molecule has 1 aliphatic rings. The predicted molar refractivity (Wildman–Crippen MR) is 52.5 cm³/mol. The summed E-state index contributed by atoms with van der Waals surface area (Å²) in [5.41, 5.74) is 0. The van der Waals surface area contributed by atoms with Gasteiger partial charge in [-0.25, -0.2) is 0 Å². The van der Waals surface area contributed by atoms with Crippen molar-refractivity contribution >= 4 is 5.84 Å². The molecule has 1 aliphatic heterocycles. The van der Waals surface area contributed by atoms with Crippen LogP contribution in [0.4, 0.5) is 0 Å². The van der Waals surface area contributed by atoms with E-state index in [-0.39, 0.29) is 0 Å². The minimum atomic E-state index is 0.498.